The third-order valence-electron chi connectivity index (χ3n) is 3.98. The Hall–Kier alpha value is -3.13. The number of carbonyl (C=O) groups excluding carboxylic acids is 2. The molecule has 0 aromatic heterocycles. The van der Waals surface area contributed by atoms with Gasteiger partial charge in [-0.25, -0.2) is 4.79 Å². The molecule has 2 aromatic rings. The average molecular weight is 351 g/mol. The van der Waals surface area contributed by atoms with Crippen LogP contribution in [0.5, 0.6) is 5.75 Å². The fourth-order valence-corrected chi connectivity index (χ4v) is 2.50. The number of carbonyl (C=O) groups is 2. The second-order valence-corrected chi connectivity index (χ2v) is 5.68. The highest BCUT2D eigenvalue weighted by atomic mass is 16.6. The summed E-state index contributed by atoms with van der Waals surface area (Å²) in [5.41, 5.74) is 2.92. The molecule has 5 nitrogen and oxygen atoms in total. The summed E-state index contributed by atoms with van der Waals surface area (Å²) < 4.78 is 10.3. The van der Waals surface area contributed by atoms with Gasteiger partial charge in [-0.05, 0) is 42.2 Å². The maximum Gasteiger partial charge on any atom is 0.344 e. The lowest BCUT2D eigenvalue weighted by Crippen LogP contribution is -2.20. The van der Waals surface area contributed by atoms with Crippen LogP contribution in [-0.2, 0) is 22.4 Å². The predicted octanol–water partition coefficient (Wildman–Crippen LogP) is 3.49. The molecular formula is C21H21NO4. The zero-order chi connectivity index (χ0) is 18.9. The zero-order valence-corrected chi connectivity index (χ0v) is 15.0. The molecule has 0 bridgehead atoms. The van der Waals surface area contributed by atoms with Crippen molar-refractivity contribution in [1.29, 1.82) is 5.26 Å². The maximum atomic E-state index is 12.4. The zero-order valence-electron chi connectivity index (χ0n) is 15.0. The van der Waals surface area contributed by atoms with Gasteiger partial charge in [0.2, 0.25) is 5.78 Å². The Labute approximate surface area is 153 Å². The van der Waals surface area contributed by atoms with E-state index in [1.807, 2.05) is 38.1 Å². The minimum atomic E-state index is -0.657. The first-order chi connectivity index (χ1) is 12.6. The van der Waals surface area contributed by atoms with E-state index in [1.165, 1.54) is 0 Å². The number of benzene rings is 2. The molecule has 0 spiro atoms. The third-order valence-corrected chi connectivity index (χ3v) is 3.98. The van der Waals surface area contributed by atoms with E-state index in [1.54, 1.807) is 24.3 Å². The van der Waals surface area contributed by atoms with E-state index < -0.39 is 5.97 Å². The Morgan fingerprint density at radius 2 is 1.81 bits per heavy atom. The lowest BCUT2D eigenvalue weighted by atomic mass is 9.98. The van der Waals surface area contributed by atoms with Gasteiger partial charge in [-0.1, -0.05) is 38.1 Å². The quantitative estimate of drug-likeness (QED) is 0.537. The lowest BCUT2D eigenvalue weighted by molar-refractivity contribution is -0.144. The molecular weight excluding hydrogens is 330 g/mol. The van der Waals surface area contributed by atoms with Gasteiger partial charge in [-0.3, -0.25) is 4.79 Å². The summed E-state index contributed by atoms with van der Waals surface area (Å²) in [5, 5.41) is 8.99. The van der Waals surface area contributed by atoms with E-state index in [0.717, 1.165) is 24.0 Å². The van der Waals surface area contributed by atoms with Crippen molar-refractivity contribution in [3.05, 3.63) is 64.7 Å². The van der Waals surface area contributed by atoms with Crippen molar-refractivity contribution in [1.82, 2.24) is 0 Å². The summed E-state index contributed by atoms with van der Waals surface area (Å²) in [5.74, 6) is -0.582. The minimum absolute atomic E-state index is 0.233. The molecule has 134 valence electrons. The fraction of sp³-hybridized carbons (Fsp3) is 0.286. The Morgan fingerprint density at radius 3 is 2.50 bits per heavy atom. The Balaban J connectivity index is 1.93. The highest BCUT2D eigenvalue weighted by molar-refractivity contribution is 5.99. The van der Waals surface area contributed by atoms with Gasteiger partial charge in [0.05, 0.1) is 5.56 Å². The highest BCUT2D eigenvalue weighted by Gasteiger charge is 2.14. The first kappa shape index (κ1) is 19.2. The van der Waals surface area contributed by atoms with Crippen LogP contribution in [0.1, 0.15) is 40.9 Å². The molecule has 0 atom stereocenters. The van der Waals surface area contributed by atoms with Crippen molar-refractivity contribution in [3.63, 3.8) is 0 Å². The molecule has 0 fully saturated rings. The lowest BCUT2D eigenvalue weighted by Gasteiger charge is -2.10. The maximum absolute atomic E-state index is 12.4. The summed E-state index contributed by atoms with van der Waals surface area (Å²) >= 11 is 0. The number of esters is 1. The molecule has 0 saturated carbocycles. The minimum Gasteiger partial charge on any atom is -0.481 e. The van der Waals surface area contributed by atoms with E-state index >= 15 is 0 Å². The number of nitrogens with zero attached hydrogens (tertiary/aromatic N) is 1. The van der Waals surface area contributed by atoms with Crippen molar-refractivity contribution in [2.45, 2.75) is 26.7 Å². The average Bonchev–Trinajstić information content (AvgIpc) is 2.69. The van der Waals surface area contributed by atoms with E-state index in [0.29, 0.717) is 16.9 Å². The highest BCUT2D eigenvalue weighted by Crippen LogP contribution is 2.17. The standard InChI is InChI=1S/C21H21NO4/c1-3-15-9-10-16(4-2)18(11-15)19(23)13-26-21(24)14-25-20-8-6-5-7-17(20)12-22/h5-11H,3-4,13-14H2,1-2H3. The monoisotopic (exact) mass is 351 g/mol. The number of nitriles is 1. The van der Waals surface area contributed by atoms with Crippen LogP contribution in [0.4, 0.5) is 0 Å². The van der Waals surface area contributed by atoms with Gasteiger partial charge in [0, 0.05) is 5.56 Å². The van der Waals surface area contributed by atoms with Crippen molar-refractivity contribution in [2.75, 3.05) is 13.2 Å². The van der Waals surface area contributed by atoms with E-state index in [9.17, 15) is 9.59 Å². The molecule has 2 aromatic carbocycles. The Morgan fingerprint density at radius 1 is 1.04 bits per heavy atom. The molecule has 0 aliphatic carbocycles. The Bertz CT molecular complexity index is 836. The van der Waals surface area contributed by atoms with Gasteiger partial charge in [-0.15, -0.1) is 0 Å². The van der Waals surface area contributed by atoms with Crippen molar-refractivity contribution in [3.8, 4) is 11.8 Å². The Kier molecular flexibility index (Phi) is 6.92. The van der Waals surface area contributed by atoms with Gasteiger partial charge in [0.25, 0.3) is 0 Å². The number of para-hydroxylation sites is 1. The smallest absolute Gasteiger partial charge is 0.344 e. The summed E-state index contributed by atoms with van der Waals surface area (Å²) in [6, 6.07) is 14.4. The van der Waals surface area contributed by atoms with Gasteiger partial charge in [-0.2, -0.15) is 5.26 Å². The summed E-state index contributed by atoms with van der Waals surface area (Å²) in [4.78, 5) is 24.3. The number of hydrogen-bond donors (Lipinski definition) is 0. The molecule has 0 aliphatic rings. The van der Waals surface area contributed by atoms with Crippen LogP contribution in [0.3, 0.4) is 0 Å². The molecule has 5 heteroatoms. The van der Waals surface area contributed by atoms with Crippen LogP contribution >= 0.6 is 0 Å². The molecule has 0 N–H and O–H groups in total. The molecule has 0 amide bonds. The van der Waals surface area contributed by atoms with Gasteiger partial charge in [0.15, 0.2) is 13.2 Å². The number of ether oxygens (including phenoxy) is 2. The fourth-order valence-electron chi connectivity index (χ4n) is 2.50. The predicted molar refractivity (Wildman–Crippen MR) is 97.1 cm³/mol. The van der Waals surface area contributed by atoms with E-state index in [-0.39, 0.29) is 19.0 Å². The number of ketones is 1. The molecule has 0 unspecified atom stereocenters. The first-order valence-corrected chi connectivity index (χ1v) is 8.51. The van der Waals surface area contributed by atoms with E-state index in [4.69, 9.17) is 14.7 Å². The summed E-state index contributed by atoms with van der Waals surface area (Å²) in [7, 11) is 0. The molecule has 2 rings (SSSR count). The van der Waals surface area contributed by atoms with Crippen LogP contribution in [-0.4, -0.2) is 25.0 Å². The molecule has 26 heavy (non-hydrogen) atoms. The van der Waals surface area contributed by atoms with Crippen molar-refractivity contribution in [2.24, 2.45) is 0 Å². The molecule has 0 radical (unpaired) electrons. The topological polar surface area (TPSA) is 76.4 Å². The first-order valence-electron chi connectivity index (χ1n) is 8.51. The van der Waals surface area contributed by atoms with Crippen LogP contribution in [0, 0.1) is 11.3 Å². The van der Waals surface area contributed by atoms with Crippen LogP contribution in [0.2, 0.25) is 0 Å². The molecule has 0 saturated heterocycles. The van der Waals surface area contributed by atoms with Gasteiger partial charge >= 0.3 is 5.97 Å². The normalized spacial score (nSPS) is 10.0. The number of hydrogen-bond acceptors (Lipinski definition) is 5. The number of Topliss-reactive ketones (excluding diaryl/α,β-unsaturated/α-hetero) is 1. The van der Waals surface area contributed by atoms with Crippen LogP contribution < -0.4 is 4.74 Å². The largest absolute Gasteiger partial charge is 0.481 e. The van der Waals surface area contributed by atoms with Gasteiger partial charge < -0.3 is 9.47 Å². The van der Waals surface area contributed by atoms with Crippen molar-refractivity contribution >= 4 is 11.8 Å². The second-order valence-electron chi connectivity index (χ2n) is 5.68. The number of aryl methyl sites for hydroxylation is 2. The summed E-state index contributed by atoms with van der Waals surface area (Å²) in [6.07, 6.45) is 1.56. The SMILES string of the molecule is CCc1ccc(CC)c(C(=O)COC(=O)COc2ccccc2C#N)c1. The number of rotatable bonds is 8. The summed E-state index contributed by atoms with van der Waals surface area (Å²) in [6.45, 7) is 3.31. The molecule has 0 aliphatic heterocycles. The van der Waals surface area contributed by atoms with Crippen molar-refractivity contribution < 1.29 is 19.1 Å². The van der Waals surface area contributed by atoms with Gasteiger partial charge in [0.1, 0.15) is 11.8 Å². The molecule has 0 heterocycles. The van der Waals surface area contributed by atoms with E-state index in [2.05, 4.69) is 0 Å². The second kappa shape index (κ2) is 9.38. The third kappa shape index (κ3) is 4.93. The van der Waals surface area contributed by atoms with Crippen LogP contribution in [0.15, 0.2) is 42.5 Å². The van der Waals surface area contributed by atoms with Crippen LogP contribution in [0.25, 0.3) is 0 Å².